The van der Waals surface area contributed by atoms with Crippen molar-refractivity contribution in [3.05, 3.63) is 0 Å². The van der Waals surface area contributed by atoms with Crippen LogP contribution in [0.1, 0.15) is 40.0 Å². The van der Waals surface area contributed by atoms with Crippen LogP contribution in [-0.2, 0) is 4.89 Å². The van der Waals surface area contributed by atoms with E-state index in [0.29, 0.717) is 24.4 Å². The Kier molecular flexibility index (Phi) is 4.20. The fourth-order valence-electron chi connectivity index (χ4n) is 2.89. The molecule has 0 bridgehead atoms. The molecule has 1 N–H and O–H groups in total. The first-order chi connectivity index (χ1) is 6.20. The van der Waals surface area contributed by atoms with Crippen LogP contribution in [0.25, 0.3) is 0 Å². The minimum absolute atomic E-state index is 0.516. The van der Waals surface area contributed by atoms with Crippen molar-refractivity contribution < 1.29 is 10.1 Å². The minimum atomic E-state index is 0.516. The van der Waals surface area contributed by atoms with Crippen LogP contribution in [0.2, 0.25) is 0 Å². The van der Waals surface area contributed by atoms with Gasteiger partial charge in [-0.2, -0.15) is 0 Å². The molecular weight excluding hydrogens is 164 g/mol. The molecule has 0 aromatic heterocycles. The third kappa shape index (κ3) is 2.44. The Morgan fingerprint density at radius 1 is 1.38 bits per heavy atom. The van der Waals surface area contributed by atoms with E-state index in [1.165, 1.54) is 19.3 Å². The van der Waals surface area contributed by atoms with Gasteiger partial charge >= 0.3 is 0 Å². The Balaban J connectivity index is 2.48. The highest BCUT2D eigenvalue weighted by molar-refractivity contribution is 4.86. The third-order valence-electron chi connectivity index (χ3n) is 3.75. The van der Waals surface area contributed by atoms with Gasteiger partial charge in [-0.3, -0.25) is 5.26 Å². The van der Waals surface area contributed by atoms with Crippen LogP contribution in [-0.4, -0.2) is 11.9 Å². The van der Waals surface area contributed by atoms with Gasteiger partial charge in [0.2, 0.25) is 0 Å². The van der Waals surface area contributed by atoms with Gasteiger partial charge in [0.1, 0.15) is 0 Å². The standard InChI is InChI=1S/C11H22O2/c1-4-5-10-6-8(2)11(7-13-12)9(10)3/h8-12H,4-7H2,1-3H3. The van der Waals surface area contributed by atoms with E-state index < -0.39 is 0 Å². The largest absolute Gasteiger partial charge is 0.252 e. The van der Waals surface area contributed by atoms with Gasteiger partial charge in [0, 0.05) is 0 Å². The molecule has 1 aliphatic rings. The molecule has 0 aromatic rings. The van der Waals surface area contributed by atoms with Crippen LogP contribution in [0.3, 0.4) is 0 Å². The normalized spacial score (nSPS) is 39.7. The Bertz CT molecular complexity index is 147. The van der Waals surface area contributed by atoms with Gasteiger partial charge in [-0.05, 0) is 30.1 Å². The molecule has 0 radical (unpaired) electrons. The quantitative estimate of drug-likeness (QED) is 0.539. The molecule has 4 unspecified atom stereocenters. The van der Waals surface area contributed by atoms with E-state index in [4.69, 9.17) is 5.26 Å². The predicted octanol–water partition coefficient (Wildman–Crippen LogP) is 3.18. The number of hydrogen-bond donors (Lipinski definition) is 1. The molecule has 2 heteroatoms. The smallest absolute Gasteiger partial charge is 0.0853 e. The van der Waals surface area contributed by atoms with Gasteiger partial charge in [-0.1, -0.05) is 33.6 Å². The second kappa shape index (κ2) is 4.97. The topological polar surface area (TPSA) is 29.5 Å². The molecule has 1 aliphatic carbocycles. The zero-order valence-corrected chi connectivity index (χ0v) is 8.99. The molecule has 1 saturated carbocycles. The Hall–Kier alpha value is -0.0800. The molecule has 4 atom stereocenters. The van der Waals surface area contributed by atoms with Gasteiger partial charge in [0.15, 0.2) is 0 Å². The number of rotatable bonds is 4. The number of hydrogen-bond acceptors (Lipinski definition) is 2. The lowest BCUT2D eigenvalue weighted by atomic mass is 9.88. The van der Waals surface area contributed by atoms with Crippen LogP contribution >= 0.6 is 0 Å². The second-order valence-corrected chi connectivity index (χ2v) is 4.58. The summed E-state index contributed by atoms with van der Waals surface area (Å²) in [6.45, 7) is 7.33. The first-order valence-corrected chi connectivity index (χ1v) is 5.47. The van der Waals surface area contributed by atoms with Crippen LogP contribution in [0, 0.1) is 23.7 Å². The van der Waals surface area contributed by atoms with Crippen molar-refractivity contribution >= 4 is 0 Å². The molecular formula is C11H22O2. The van der Waals surface area contributed by atoms with Gasteiger partial charge in [0.25, 0.3) is 0 Å². The van der Waals surface area contributed by atoms with E-state index >= 15 is 0 Å². The monoisotopic (exact) mass is 186 g/mol. The maximum Gasteiger partial charge on any atom is 0.0853 e. The summed E-state index contributed by atoms with van der Waals surface area (Å²) >= 11 is 0. The summed E-state index contributed by atoms with van der Waals surface area (Å²) in [5.74, 6) is 2.82. The van der Waals surface area contributed by atoms with E-state index in [1.807, 2.05) is 0 Å². The molecule has 0 aromatic carbocycles. The fraction of sp³-hybridized carbons (Fsp3) is 1.00. The lowest BCUT2D eigenvalue weighted by molar-refractivity contribution is -0.255. The zero-order chi connectivity index (χ0) is 9.84. The first kappa shape index (κ1) is 11.0. The molecule has 1 rings (SSSR count). The summed E-state index contributed by atoms with van der Waals surface area (Å²) in [7, 11) is 0. The summed E-state index contributed by atoms with van der Waals surface area (Å²) in [5, 5.41) is 8.48. The van der Waals surface area contributed by atoms with Crippen molar-refractivity contribution in [3.63, 3.8) is 0 Å². The average Bonchev–Trinajstić information content (AvgIpc) is 2.34. The van der Waals surface area contributed by atoms with E-state index in [2.05, 4.69) is 25.7 Å². The molecule has 78 valence electrons. The van der Waals surface area contributed by atoms with Gasteiger partial charge in [-0.25, -0.2) is 4.89 Å². The molecule has 0 spiro atoms. The van der Waals surface area contributed by atoms with Crippen molar-refractivity contribution in [2.45, 2.75) is 40.0 Å². The Morgan fingerprint density at radius 2 is 2.08 bits per heavy atom. The third-order valence-corrected chi connectivity index (χ3v) is 3.75. The van der Waals surface area contributed by atoms with Gasteiger partial charge < -0.3 is 0 Å². The van der Waals surface area contributed by atoms with Crippen molar-refractivity contribution in [1.82, 2.24) is 0 Å². The maximum absolute atomic E-state index is 8.48. The Morgan fingerprint density at radius 3 is 2.62 bits per heavy atom. The minimum Gasteiger partial charge on any atom is -0.252 e. The van der Waals surface area contributed by atoms with E-state index in [-0.39, 0.29) is 0 Å². The summed E-state index contributed by atoms with van der Waals surface area (Å²) < 4.78 is 0. The molecule has 0 heterocycles. The first-order valence-electron chi connectivity index (χ1n) is 5.47. The molecule has 2 nitrogen and oxygen atoms in total. The fourth-order valence-corrected chi connectivity index (χ4v) is 2.89. The predicted molar refractivity (Wildman–Crippen MR) is 53.4 cm³/mol. The summed E-state index contributed by atoms with van der Waals surface area (Å²) in [5.41, 5.74) is 0. The SMILES string of the molecule is CCCC1CC(C)C(COO)C1C. The lowest BCUT2D eigenvalue weighted by Gasteiger charge is -2.20. The summed E-state index contributed by atoms with van der Waals surface area (Å²) in [6, 6.07) is 0. The highest BCUT2D eigenvalue weighted by Gasteiger charge is 2.37. The molecule has 0 saturated heterocycles. The molecule has 1 fully saturated rings. The van der Waals surface area contributed by atoms with Crippen LogP contribution < -0.4 is 0 Å². The highest BCUT2D eigenvalue weighted by Crippen LogP contribution is 2.43. The summed E-state index contributed by atoms with van der Waals surface area (Å²) in [4.78, 5) is 4.29. The van der Waals surface area contributed by atoms with E-state index in [1.54, 1.807) is 0 Å². The van der Waals surface area contributed by atoms with Crippen LogP contribution in [0.5, 0.6) is 0 Å². The Labute approximate surface area is 81.2 Å². The van der Waals surface area contributed by atoms with Gasteiger partial charge in [0.05, 0.1) is 6.61 Å². The highest BCUT2D eigenvalue weighted by atomic mass is 17.1. The van der Waals surface area contributed by atoms with Crippen molar-refractivity contribution in [3.8, 4) is 0 Å². The van der Waals surface area contributed by atoms with E-state index in [0.717, 1.165) is 5.92 Å². The molecule has 0 amide bonds. The molecule has 0 aliphatic heterocycles. The van der Waals surface area contributed by atoms with E-state index in [9.17, 15) is 0 Å². The van der Waals surface area contributed by atoms with Crippen LogP contribution in [0.4, 0.5) is 0 Å². The second-order valence-electron chi connectivity index (χ2n) is 4.58. The van der Waals surface area contributed by atoms with Crippen molar-refractivity contribution in [2.24, 2.45) is 23.7 Å². The average molecular weight is 186 g/mol. The van der Waals surface area contributed by atoms with Crippen molar-refractivity contribution in [1.29, 1.82) is 0 Å². The zero-order valence-electron chi connectivity index (χ0n) is 8.99. The lowest BCUT2D eigenvalue weighted by Crippen LogP contribution is -2.18. The van der Waals surface area contributed by atoms with Crippen molar-refractivity contribution in [2.75, 3.05) is 6.61 Å². The maximum atomic E-state index is 8.48. The molecule has 13 heavy (non-hydrogen) atoms. The summed E-state index contributed by atoms with van der Waals surface area (Å²) in [6.07, 6.45) is 3.91. The van der Waals surface area contributed by atoms with Gasteiger partial charge in [-0.15, -0.1) is 0 Å². The van der Waals surface area contributed by atoms with Crippen LogP contribution in [0.15, 0.2) is 0 Å².